The van der Waals surface area contributed by atoms with Gasteiger partial charge in [-0.25, -0.2) is 0 Å². The van der Waals surface area contributed by atoms with Gasteiger partial charge < -0.3 is 5.32 Å². The van der Waals surface area contributed by atoms with Crippen molar-refractivity contribution in [3.63, 3.8) is 0 Å². The van der Waals surface area contributed by atoms with Crippen molar-refractivity contribution in [2.75, 3.05) is 5.32 Å². The summed E-state index contributed by atoms with van der Waals surface area (Å²) in [5.41, 5.74) is -0.619. The van der Waals surface area contributed by atoms with Crippen molar-refractivity contribution in [3.8, 4) is 12.1 Å². The van der Waals surface area contributed by atoms with E-state index in [2.05, 4.69) is 5.32 Å². The first-order valence-electron chi connectivity index (χ1n) is 5.67. The summed E-state index contributed by atoms with van der Waals surface area (Å²) in [6, 6.07) is 6.48. The Bertz CT molecular complexity index is 523. The molecular weight excluding hydrogens is 255 g/mol. The number of nitrogens with one attached hydrogen (secondary N) is 1. The molecule has 0 aliphatic heterocycles. The van der Waals surface area contributed by atoms with Crippen LogP contribution in [-0.2, 0) is 6.18 Å². The fourth-order valence-electron chi connectivity index (χ4n) is 1.57. The summed E-state index contributed by atoms with van der Waals surface area (Å²) in [5, 5.41) is 20.4. The fourth-order valence-corrected chi connectivity index (χ4v) is 1.57. The fraction of sp³-hybridized carbons (Fsp3) is 0.385. The number of rotatable bonds is 4. The second-order valence-corrected chi connectivity index (χ2v) is 3.98. The van der Waals surface area contributed by atoms with E-state index < -0.39 is 11.7 Å². The van der Waals surface area contributed by atoms with Gasteiger partial charge in [-0.1, -0.05) is 6.92 Å². The predicted molar refractivity (Wildman–Crippen MR) is 64.1 cm³/mol. The molecule has 3 nitrogen and oxygen atoms in total. The Morgan fingerprint density at radius 3 is 2.47 bits per heavy atom. The maximum absolute atomic E-state index is 12.5. The first-order chi connectivity index (χ1) is 8.92. The van der Waals surface area contributed by atoms with Gasteiger partial charge in [-0.3, -0.25) is 0 Å². The Kier molecular flexibility index (Phi) is 4.77. The molecule has 0 heterocycles. The van der Waals surface area contributed by atoms with Crippen LogP contribution in [0.2, 0.25) is 0 Å². The van der Waals surface area contributed by atoms with Crippen molar-refractivity contribution < 1.29 is 13.2 Å². The topological polar surface area (TPSA) is 59.6 Å². The molecule has 0 aromatic heterocycles. The number of hydrogen-bond acceptors (Lipinski definition) is 3. The lowest BCUT2D eigenvalue weighted by atomic mass is 10.1. The van der Waals surface area contributed by atoms with Crippen LogP contribution in [0.15, 0.2) is 18.2 Å². The molecule has 1 N–H and O–H groups in total. The molecule has 0 fully saturated rings. The van der Waals surface area contributed by atoms with Crippen LogP contribution in [0, 0.1) is 22.7 Å². The molecule has 0 radical (unpaired) electrons. The van der Waals surface area contributed by atoms with Crippen molar-refractivity contribution >= 4 is 5.69 Å². The Hall–Kier alpha value is -2.21. The van der Waals surface area contributed by atoms with E-state index in [1.807, 2.05) is 13.0 Å². The zero-order valence-electron chi connectivity index (χ0n) is 10.3. The number of alkyl halides is 3. The van der Waals surface area contributed by atoms with E-state index in [1.54, 1.807) is 6.07 Å². The third-order valence-electron chi connectivity index (χ3n) is 2.66. The van der Waals surface area contributed by atoms with Gasteiger partial charge in [-0.2, -0.15) is 23.7 Å². The van der Waals surface area contributed by atoms with E-state index in [0.717, 1.165) is 12.1 Å². The molecule has 0 aliphatic rings. The van der Waals surface area contributed by atoms with E-state index in [-0.39, 0.29) is 18.0 Å². The minimum absolute atomic E-state index is 0.0776. The monoisotopic (exact) mass is 267 g/mol. The van der Waals surface area contributed by atoms with Crippen molar-refractivity contribution in [3.05, 3.63) is 29.3 Å². The largest absolute Gasteiger partial charge is 0.416 e. The summed E-state index contributed by atoms with van der Waals surface area (Å²) in [5.74, 6) is 0. The number of hydrogen-bond donors (Lipinski definition) is 1. The maximum atomic E-state index is 12.5. The zero-order chi connectivity index (χ0) is 14.5. The molecule has 1 aromatic rings. The van der Waals surface area contributed by atoms with Crippen LogP contribution in [0.3, 0.4) is 0 Å². The van der Waals surface area contributed by atoms with Gasteiger partial charge in [0.05, 0.1) is 29.3 Å². The van der Waals surface area contributed by atoms with Gasteiger partial charge >= 0.3 is 6.18 Å². The van der Waals surface area contributed by atoms with Gasteiger partial charge in [-0.05, 0) is 24.6 Å². The van der Waals surface area contributed by atoms with Crippen molar-refractivity contribution in [2.45, 2.75) is 32.0 Å². The predicted octanol–water partition coefficient (Wildman–Crippen LogP) is 3.68. The molecule has 0 saturated carbocycles. The van der Waals surface area contributed by atoms with E-state index >= 15 is 0 Å². The first-order valence-corrected chi connectivity index (χ1v) is 5.67. The highest BCUT2D eigenvalue weighted by molar-refractivity contribution is 5.59. The summed E-state index contributed by atoms with van der Waals surface area (Å²) >= 11 is 0. The van der Waals surface area contributed by atoms with Crippen molar-refractivity contribution in [2.24, 2.45) is 0 Å². The summed E-state index contributed by atoms with van der Waals surface area (Å²) < 4.78 is 37.5. The summed E-state index contributed by atoms with van der Waals surface area (Å²) in [4.78, 5) is 0. The summed E-state index contributed by atoms with van der Waals surface area (Å²) in [7, 11) is 0. The quantitative estimate of drug-likeness (QED) is 0.905. The molecule has 0 saturated heterocycles. The van der Waals surface area contributed by atoms with Crippen LogP contribution in [0.25, 0.3) is 0 Å². The highest BCUT2D eigenvalue weighted by Crippen LogP contribution is 2.31. The lowest BCUT2D eigenvalue weighted by Crippen LogP contribution is -2.18. The van der Waals surface area contributed by atoms with Crippen LogP contribution in [0.5, 0.6) is 0 Å². The van der Waals surface area contributed by atoms with Crippen LogP contribution < -0.4 is 5.32 Å². The highest BCUT2D eigenvalue weighted by atomic mass is 19.4. The highest BCUT2D eigenvalue weighted by Gasteiger charge is 2.31. The smallest absolute Gasteiger partial charge is 0.380 e. The molecule has 0 amide bonds. The zero-order valence-corrected chi connectivity index (χ0v) is 10.3. The average molecular weight is 267 g/mol. The molecule has 1 rings (SSSR count). The third kappa shape index (κ3) is 3.89. The molecule has 0 spiro atoms. The Morgan fingerprint density at radius 2 is 2.00 bits per heavy atom. The lowest BCUT2D eigenvalue weighted by molar-refractivity contribution is -0.137. The molecule has 100 valence electrons. The second kappa shape index (κ2) is 6.10. The minimum Gasteiger partial charge on any atom is -0.380 e. The lowest BCUT2D eigenvalue weighted by Gasteiger charge is -2.17. The number of halogens is 3. The van der Waals surface area contributed by atoms with Crippen LogP contribution in [-0.4, -0.2) is 6.04 Å². The maximum Gasteiger partial charge on any atom is 0.416 e. The average Bonchev–Trinajstić information content (AvgIpc) is 2.37. The molecular formula is C13H12F3N3. The molecule has 19 heavy (non-hydrogen) atoms. The Balaban J connectivity index is 3.04. The number of nitrogens with zero attached hydrogens (tertiary/aromatic N) is 2. The van der Waals surface area contributed by atoms with E-state index in [0.29, 0.717) is 12.1 Å². The number of anilines is 1. The van der Waals surface area contributed by atoms with E-state index in [4.69, 9.17) is 10.5 Å². The molecule has 0 bridgehead atoms. The van der Waals surface area contributed by atoms with Crippen LogP contribution >= 0.6 is 0 Å². The number of nitriles is 2. The molecule has 6 heteroatoms. The van der Waals surface area contributed by atoms with Gasteiger partial charge in [0.1, 0.15) is 6.07 Å². The van der Waals surface area contributed by atoms with Crippen molar-refractivity contribution in [1.82, 2.24) is 0 Å². The van der Waals surface area contributed by atoms with E-state index in [1.165, 1.54) is 6.07 Å². The van der Waals surface area contributed by atoms with Gasteiger partial charge in [-0.15, -0.1) is 0 Å². The third-order valence-corrected chi connectivity index (χ3v) is 2.66. The first kappa shape index (κ1) is 14.8. The summed E-state index contributed by atoms with van der Waals surface area (Å²) in [6.45, 7) is 1.85. The Labute approximate surface area is 109 Å². The van der Waals surface area contributed by atoms with Crippen LogP contribution in [0.4, 0.5) is 18.9 Å². The van der Waals surface area contributed by atoms with Gasteiger partial charge in [0.15, 0.2) is 0 Å². The standard InChI is InChI=1S/C13H12F3N3/c1-2-11(5-6-17)19-12-4-3-10(13(14,15)16)7-9(12)8-18/h3-4,7,11,19H,2,5H2,1H3. The normalized spacial score (nSPS) is 12.3. The molecule has 1 atom stereocenters. The number of benzene rings is 1. The van der Waals surface area contributed by atoms with Crippen LogP contribution in [0.1, 0.15) is 30.9 Å². The Morgan fingerprint density at radius 1 is 1.32 bits per heavy atom. The molecule has 1 aromatic carbocycles. The molecule has 1 unspecified atom stereocenters. The SMILES string of the molecule is CCC(CC#N)Nc1ccc(C(F)(F)F)cc1C#N. The van der Waals surface area contributed by atoms with Gasteiger partial charge in [0.25, 0.3) is 0 Å². The minimum atomic E-state index is -4.47. The summed E-state index contributed by atoms with van der Waals surface area (Å²) in [6.07, 6.45) is -3.61. The van der Waals surface area contributed by atoms with E-state index in [9.17, 15) is 13.2 Å². The second-order valence-electron chi connectivity index (χ2n) is 3.98. The van der Waals surface area contributed by atoms with Crippen molar-refractivity contribution in [1.29, 1.82) is 10.5 Å². The van der Waals surface area contributed by atoms with Gasteiger partial charge in [0.2, 0.25) is 0 Å². The molecule has 0 aliphatic carbocycles. The van der Waals surface area contributed by atoms with Gasteiger partial charge in [0, 0.05) is 6.04 Å².